The van der Waals surface area contributed by atoms with Crippen LogP contribution in [0.2, 0.25) is 0 Å². The lowest BCUT2D eigenvalue weighted by Gasteiger charge is -2.15. The molecule has 0 unspecified atom stereocenters. The van der Waals surface area contributed by atoms with Crippen molar-refractivity contribution in [3.8, 4) is 0 Å². The molecule has 0 fully saturated rings. The Morgan fingerprint density at radius 1 is 1.24 bits per heavy atom. The van der Waals surface area contributed by atoms with Gasteiger partial charge in [0, 0.05) is 29.0 Å². The van der Waals surface area contributed by atoms with E-state index in [9.17, 15) is 18.0 Å². The highest BCUT2D eigenvalue weighted by Crippen LogP contribution is 2.36. The van der Waals surface area contributed by atoms with Gasteiger partial charge in [-0.25, -0.2) is 19.2 Å². The van der Waals surface area contributed by atoms with Gasteiger partial charge in [-0.2, -0.15) is 0 Å². The fraction of sp³-hybridized carbons (Fsp3) is 0.0952. The minimum atomic E-state index is -3.96. The molecule has 170 valence electrons. The van der Waals surface area contributed by atoms with Gasteiger partial charge in [-0.1, -0.05) is 12.1 Å². The van der Waals surface area contributed by atoms with E-state index in [4.69, 9.17) is 11.6 Å². The normalized spacial score (nSPS) is 14.5. The van der Waals surface area contributed by atoms with Gasteiger partial charge in [0.25, 0.3) is 11.8 Å². The Balaban J connectivity index is 1.59. The van der Waals surface area contributed by atoms with E-state index in [0.29, 0.717) is 10.7 Å². The number of hydrogen-bond donors (Lipinski definition) is 4. The first kappa shape index (κ1) is 22.5. The number of nitrogens with two attached hydrogens (primary N) is 2. The maximum absolute atomic E-state index is 13.2. The summed E-state index contributed by atoms with van der Waals surface area (Å²) < 4.78 is 26.3. The minimum absolute atomic E-state index is 0.00939. The van der Waals surface area contributed by atoms with Crippen molar-refractivity contribution in [3.05, 3.63) is 76.6 Å². The van der Waals surface area contributed by atoms with Crippen LogP contribution < -0.4 is 27.2 Å². The molecule has 10 nitrogen and oxygen atoms in total. The molecule has 0 radical (unpaired) electrons. The maximum atomic E-state index is 13.2. The van der Waals surface area contributed by atoms with Gasteiger partial charge in [-0.3, -0.25) is 14.6 Å². The summed E-state index contributed by atoms with van der Waals surface area (Å²) in [5.41, 5.74) is 6.86. The molecule has 2 aromatic carbocycles. The van der Waals surface area contributed by atoms with Crippen LogP contribution >= 0.6 is 11.3 Å². The Labute approximate surface area is 193 Å². The average Bonchev–Trinajstić information content (AvgIpc) is 3.31. The van der Waals surface area contributed by atoms with Gasteiger partial charge in [-0.05, 0) is 36.8 Å². The van der Waals surface area contributed by atoms with Crippen molar-refractivity contribution < 1.29 is 18.0 Å². The van der Waals surface area contributed by atoms with E-state index in [0.717, 1.165) is 0 Å². The summed E-state index contributed by atoms with van der Waals surface area (Å²) >= 11 is 1.33. The summed E-state index contributed by atoms with van der Waals surface area (Å²) in [6, 6.07) is 8.70. The van der Waals surface area contributed by atoms with Crippen molar-refractivity contribution in [1.29, 1.82) is 0 Å². The Morgan fingerprint density at radius 3 is 2.73 bits per heavy atom. The SMILES string of the molecule is Cc1c(C(=O)NC/C(N)=C/N(N)c2nccs2)ccc2c1NC(=O)c1ccccc1S2(=O)=O. The molecule has 1 aromatic heterocycles. The number of carbonyl (C=O) groups excluding carboxylic acids is 2. The van der Waals surface area contributed by atoms with E-state index in [1.807, 2.05) is 0 Å². The van der Waals surface area contributed by atoms with E-state index in [1.165, 1.54) is 46.8 Å². The highest BCUT2D eigenvalue weighted by Gasteiger charge is 2.32. The number of benzene rings is 2. The third-order valence-electron chi connectivity index (χ3n) is 5.02. The summed E-state index contributed by atoms with van der Waals surface area (Å²) in [6.45, 7) is 1.56. The summed E-state index contributed by atoms with van der Waals surface area (Å²) in [5.74, 6) is 4.81. The number of aromatic nitrogens is 1. The van der Waals surface area contributed by atoms with Crippen molar-refractivity contribution in [2.45, 2.75) is 16.7 Å². The predicted molar refractivity (Wildman–Crippen MR) is 124 cm³/mol. The highest BCUT2D eigenvalue weighted by atomic mass is 32.2. The molecule has 1 aliphatic rings. The topological polar surface area (TPSA) is 161 Å². The van der Waals surface area contributed by atoms with E-state index in [1.54, 1.807) is 30.6 Å². The number of rotatable bonds is 5. The number of carbonyl (C=O) groups is 2. The summed E-state index contributed by atoms with van der Waals surface area (Å²) in [5, 5.41) is 8.85. The molecule has 0 saturated carbocycles. The monoisotopic (exact) mass is 484 g/mol. The zero-order valence-corrected chi connectivity index (χ0v) is 19.0. The van der Waals surface area contributed by atoms with E-state index < -0.39 is 21.7 Å². The summed E-state index contributed by atoms with van der Waals surface area (Å²) in [6.07, 6.45) is 3.04. The summed E-state index contributed by atoms with van der Waals surface area (Å²) in [7, 11) is -3.96. The Morgan fingerprint density at radius 2 is 2.00 bits per heavy atom. The van der Waals surface area contributed by atoms with Gasteiger partial charge in [0.15, 0.2) is 0 Å². The van der Waals surface area contributed by atoms with Crippen LogP contribution in [-0.4, -0.2) is 31.8 Å². The molecule has 0 bridgehead atoms. The maximum Gasteiger partial charge on any atom is 0.257 e. The molecule has 6 N–H and O–H groups in total. The first-order chi connectivity index (χ1) is 15.7. The van der Waals surface area contributed by atoms with Crippen LogP contribution in [0.1, 0.15) is 26.3 Å². The van der Waals surface area contributed by atoms with Crippen LogP contribution in [0.4, 0.5) is 10.8 Å². The van der Waals surface area contributed by atoms with Crippen LogP contribution in [0, 0.1) is 6.92 Å². The molecule has 0 saturated heterocycles. The van der Waals surface area contributed by atoms with Gasteiger partial charge < -0.3 is 16.4 Å². The fourth-order valence-corrected chi connectivity index (χ4v) is 5.61. The van der Waals surface area contributed by atoms with Crippen LogP contribution in [0.5, 0.6) is 0 Å². The van der Waals surface area contributed by atoms with Crippen LogP contribution in [0.3, 0.4) is 0 Å². The lowest BCUT2D eigenvalue weighted by Crippen LogP contribution is -2.32. The van der Waals surface area contributed by atoms with Crippen molar-refractivity contribution in [3.63, 3.8) is 0 Å². The van der Waals surface area contributed by atoms with Crippen LogP contribution in [-0.2, 0) is 9.84 Å². The van der Waals surface area contributed by atoms with Crippen LogP contribution in [0.15, 0.2) is 69.7 Å². The smallest absolute Gasteiger partial charge is 0.257 e. The van der Waals surface area contributed by atoms with E-state index in [2.05, 4.69) is 15.6 Å². The van der Waals surface area contributed by atoms with Gasteiger partial charge in [0.1, 0.15) is 0 Å². The van der Waals surface area contributed by atoms with Gasteiger partial charge in [-0.15, -0.1) is 11.3 Å². The molecular weight excluding hydrogens is 464 g/mol. The first-order valence-corrected chi connectivity index (χ1v) is 12.0. The molecule has 2 amide bonds. The Kier molecular flexibility index (Phi) is 5.89. The second-order valence-corrected chi connectivity index (χ2v) is 9.93. The molecule has 1 aliphatic heterocycles. The third-order valence-corrected chi connectivity index (χ3v) is 7.66. The number of nitrogens with one attached hydrogen (secondary N) is 2. The second-order valence-electron chi connectivity index (χ2n) is 7.17. The molecule has 0 atom stereocenters. The van der Waals surface area contributed by atoms with Gasteiger partial charge >= 0.3 is 0 Å². The largest absolute Gasteiger partial charge is 0.399 e. The van der Waals surface area contributed by atoms with Crippen molar-refractivity contribution >= 4 is 43.8 Å². The lowest BCUT2D eigenvalue weighted by atomic mass is 10.1. The number of sulfone groups is 1. The van der Waals surface area contributed by atoms with Gasteiger partial charge in [0.2, 0.25) is 15.0 Å². The van der Waals surface area contributed by atoms with Crippen molar-refractivity contribution in [2.75, 3.05) is 16.9 Å². The number of thiazole rings is 1. The minimum Gasteiger partial charge on any atom is -0.399 e. The molecule has 3 aromatic rings. The number of hydrazine groups is 1. The molecule has 33 heavy (non-hydrogen) atoms. The van der Waals surface area contributed by atoms with Gasteiger partial charge in [0.05, 0.1) is 27.6 Å². The Bertz CT molecular complexity index is 1380. The summed E-state index contributed by atoms with van der Waals surface area (Å²) in [4.78, 5) is 29.4. The van der Waals surface area contributed by atoms with E-state index >= 15 is 0 Å². The van der Waals surface area contributed by atoms with E-state index in [-0.39, 0.29) is 38.8 Å². The zero-order valence-electron chi connectivity index (χ0n) is 17.4. The molecule has 12 heteroatoms. The second kappa shape index (κ2) is 8.65. The Hall–Kier alpha value is -3.74. The number of amides is 2. The standard InChI is InChI=1S/C21H20N6O4S2/c1-12-14(19(28)25-10-13(22)11-27(23)21-24-8-9-32-21)6-7-17-18(12)26-20(29)15-4-2-3-5-16(15)33(17,30)31/h2-9,11H,10,22-23H2,1H3,(H,25,28)(H,26,29)/b13-11-. The molecule has 0 spiro atoms. The predicted octanol–water partition coefficient (Wildman–Crippen LogP) is 1.76. The van der Waals surface area contributed by atoms with Crippen molar-refractivity contribution in [1.82, 2.24) is 10.3 Å². The first-order valence-electron chi connectivity index (χ1n) is 9.67. The zero-order chi connectivity index (χ0) is 23.8. The average molecular weight is 485 g/mol. The third kappa shape index (κ3) is 4.18. The highest BCUT2D eigenvalue weighted by molar-refractivity contribution is 7.91. The number of hydrogen-bond acceptors (Lipinski definition) is 9. The number of anilines is 2. The lowest BCUT2D eigenvalue weighted by molar-refractivity contribution is 0.0954. The molecule has 2 heterocycles. The van der Waals surface area contributed by atoms with Crippen molar-refractivity contribution in [2.24, 2.45) is 11.6 Å². The fourth-order valence-electron chi connectivity index (χ4n) is 3.40. The molecule has 0 aliphatic carbocycles. The number of fused-ring (bicyclic) bond motifs is 2. The quantitative estimate of drug-likeness (QED) is 0.315. The van der Waals surface area contributed by atoms with Crippen LogP contribution in [0.25, 0.3) is 0 Å². The molecular formula is C21H20N6O4S2. The molecule has 4 rings (SSSR count). The number of nitrogens with zero attached hydrogens (tertiary/aromatic N) is 2.